The molecule has 1 aliphatic heterocycles. The third-order valence-corrected chi connectivity index (χ3v) is 4.82. The molecule has 1 saturated heterocycles. The Labute approximate surface area is 130 Å². The van der Waals surface area contributed by atoms with Gasteiger partial charge in [0.05, 0.1) is 18.2 Å². The molecule has 3 aliphatic rings. The standard InChI is InChI=1S/C17H21N3O2/c21-16-9-12(10-19(16)14-4-5-14)17(22)20(15-6-7-15)11-13-3-1-2-8-18-13/h1-3,8,12,14-15H,4-7,9-11H2/t12-/m0/s1. The van der Waals surface area contributed by atoms with Crippen LogP contribution < -0.4 is 0 Å². The van der Waals surface area contributed by atoms with Gasteiger partial charge < -0.3 is 9.80 Å². The second kappa shape index (κ2) is 5.38. The lowest BCUT2D eigenvalue weighted by atomic mass is 10.1. The van der Waals surface area contributed by atoms with Gasteiger partial charge in [-0.3, -0.25) is 14.6 Å². The number of hydrogen-bond donors (Lipinski definition) is 0. The van der Waals surface area contributed by atoms with Crippen LogP contribution in [0.15, 0.2) is 24.4 Å². The highest BCUT2D eigenvalue weighted by Crippen LogP contribution is 2.35. The quantitative estimate of drug-likeness (QED) is 0.829. The Balaban J connectivity index is 1.46. The average Bonchev–Trinajstić information content (AvgIpc) is 3.44. The predicted molar refractivity (Wildman–Crippen MR) is 80.7 cm³/mol. The number of carbonyl (C=O) groups excluding carboxylic acids is 2. The molecule has 1 aromatic heterocycles. The van der Waals surface area contributed by atoms with Crippen LogP contribution in [0.5, 0.6) is 0 Å². The van der Waals surface area contributed by atoms with E-state index in [9.17, 15) is 9.59 Å². The van der Waals surface area contributed by atoms with Gasteiger partial charge in [0.15, 0.2) is 0 Å². The van der Waals surface area contributed by atoms with Crippen molar-refractivity contribution in [3.63, 3.8) is 0 Å². The maximum Gasteiger partial charge on any atom is 0.228 e. The van der Waals surface area contributed by atoms with Crippen LogP contribution in [0.25, 0.3) is 0 Å². The van der Waals surface area contributed by atoms with Gasteiger partial charge in [-0.05, 0) is 37.8 Å². The fourth-order valence-electron chi connectivity index (χ4n) is 3.31. The van der Waals surface area contributed by atoms with Crippen LogP contribution in [0, 0.1) is 5.92 Å². The Morgan fingerprint density at radius 3 is 2.73 bits per heavy atom. The molecule has 1 atom stereocenters. The molecule has 0 bridgehead atoms. The predicted octanol–water partition coefficient (Wildman–Crippen LogP) is 1.58. The van der Waals surface area contributed by atoms with Crippen molar-refractivity contribution < 1.29 is 9.59 Å². The maximum atomic E-state index is 12.9. The molecule has 3 fully saturated rings. The number of amides is 2. The fourth-order valence-corrected chi connectivity index (χ4v) is 3.31. The zero-order valence-electron chi connectivity index (χ0n) is 12.6. The van der Waals surface area contributed by atoms with Crippen molar-refractivity contribution in [3.05, 3.63) is 30.1 Å². The van der Waals surface area contributed by atoms with E-state index in [0.717, 1.165) is 31.4 Å². The minimum Gasteiger partial charge on any atom is -0.339 e. The van der Waals surface area contributed by atoms with Crippen LogP contribution in [0.4, 0.5) is 0 Å². The highest BCUT2D eigenvalue weighted by atomic mass is 16.2. The number of pyridine rings is 1. The molecule has 0 unspecified atom stereocenters. The summed E-state index contributed by atoms with van der Waals surface area (Å²) in [6, 6.07) is 6.55. The van der Waals surface area contributed by atoms with Crippen molar-refractivity contribution in [2.24, 2.45) is 5.92 Å². The Morgan fingerprint density at radius 2 is 2.09 bits per heavy atom. The first-order valence-corrected chi connectivity index (χ1v) is 8.22. The SMILES string of the molecule is O=C1C[C@H](C(=O)N(Cc2ccccn2)C2CC2)CN1C1CC1. The third kappa shape index (κ3) is 2.72. The molecule has 2 aliphatic carbocycles. The van der Waals surface area contributed by atoms with E-state index in [0.29, 0.717) is 31.6 Å². The van der Waals surface area contributed by atoms with Crippen LogP contribution >= 0.6 is 0 Å². The first-order chi connectivity index (χ1) is 10.7. The highest BCUT2D eigenvalue weighted by molar-refractivity contribution is 5.89. The molecule has 4 rings (SSSR count). The highest BCUT2D eigenvalue weighted by Gasteiger charge is 2.44. The smallest absolute Gasteiger partial charge is 0.228 e. The minimum absolute atomic E-state index is 0.143. The summed E-state index contributed by atoms with van der Waals surface area (Å²) in [5, 5.41) is 0. The van der Waals surface area contributed by atoms with Gasteiger partial charge in [-0.2, -0.15) is 0 Å². The number of carbonyl (C=O) groups is 2. The van der Waals surface area contributed by atoms with Gasteiger partial charge in [0.2, 0.25) is 11.8 Å². The van der Waals surface area contributed by atoms with Gasteiger partial charge in [-0.25, -0.2) is 0 Å². The molecule has 22 heavy (non-hydrogen) atoms. The Morgan fingerprint density at radius 1 is 1.27 bits per heavy atom. The Bertz CT molecular complexity index is 581. The Kier molecular flexibility index (Phi) is 3.36. The van der Waals surface area contributed by atoms with Crippen LogP contribution in [-0.2, 0) is 16.1 Å². The van der Waals surface area contributed by atoms with Gasteiger partial charge in [-0.15, -0.1) is 0 Å². The summed E-state index contributed by atoms with van der Waals surface area (Å²) in [4.78, 5) is 33.2. The van der Waals surface area contributed by atoms with E-state index < -0.39 is 0 Å². The van der Waals surface area contributed by atoms with Crippen molar-refractivity contribution in [3.8, 4) is 0 Å². The topological polar surface area (TPSA) is 53.5 Å². The molecule has 116 valence electrons. The van der Waals surface area contributed by atoms with Crippen molar-refractivity contribution in [1.82, 2.24) is 14.8 Å². The summed E-state index contributed by atoms with van der Waals surface area (Å²) >= 11 is 0. The molecular formula is C17H21N3O2. The zero-order chi connectivity index (χ0) is 15.1. The Hall–Kier alpha value is -1.91. The van der Waals surface area contributed by atoms with E-state index in [-0.39, 0.29) is 17.7 Å². The number of nitrogens with zero attached hydrogens (tertiary/aromatic N) is 3. The van der Waals surface area contributed by atoms with Gasteiger partial charge in [0.1, 0.15) is 0 Å². The number of hydrogen-bond acceptors (Lipinski definition) is 3. The second-order valence-electron chi connectivity index (χ2n) is 6.70. The lowest BCUT2D eigenvalue weighted by molar-refractivity contribution is -0.137. The molecule has 2 saturated carbocycles. The van der Waals surface area contributed by atoms with Crippen LogP contribution in [0.3, 0.4) is 0 Å². The van der Waals surface area contributed by atoms with Crippen molar-refractivity contribution >= 4 is 11.8 Å². The number of rotatable bonds is 5. The summed E-state index contributed by atoms with van der Waals surface area (Å²) in [5.74, 6) is 0.150. The van der Waals surface area contributed by atoms with Gasteiger partial charge in [-0.1, -0.05) is 6.07 Å². The summed E-state index contributed by atoms with van der Waals surface area (Å²) in [6.45, 7) is 1.19. The van der Waals surface area contributed by atoms with E-state index in [1.54, 1.807) is 6.20 Å². The van der Waals surface area contributed by atoms with Gasteiger partial charge in [0, 0.05) is 31.2 Å². The fraction of sp³-hybridized carbons (Fsp3) is 0.588. The molecule has 5 heteroatoms. The second-order valence-corrected chi connectivity index (χ2v) is 6.70. The molecule has 5 nitrogen and oxygen atoms in total. The molecule has 0 aromatic carbocycles. The number of likely N-dealkylation sites (tertiary alicyclic amines) is 1. The largest absolute Gasteiger partial charge is 0.339 e. The maximum absolute atomic E-state index is 12.9. The van der Waals surface area contributed by atoms with E-state index in [4.69, 9.17) is 0 Å². The summed E-state index contributed by atoms with van der Waals surface area (Å²) in [6.07, 6.45) is 6.51. The monoisotopic (exact) mass is 299 g/mol. The van der Waals surface area contributed by atoms with Gasteiger partial charge in [0.25, 0.3) is 0 Å². The van der Waals surface area contributed by atoms with Gasteiger partial charge >= 0.3 is 0 Å². The van der Waals surface area contributed by atoms with E-state index >= 15 is 0 Å². The first-order valence-electron chi connectivity index (χ1n) is 8.22. The molecule has 2 heterocycles. The molecule has 0 spiro atoms. The average molecular weight is 299 g/mol. The van der Waals surface area contributed by atoms with Crippen LogP contribution in [0.1, 0.15) is 37.8 Å². The number of aromatic nitrogens is 1. The van der Waals surface area contributed by atoms with Crippen molar-refractivity contribution in [2.45, 2.75) is 50.7 Å². The van der Waals surface area contributed by atoms with Crippen LogP contribution in [-0.4, -0.2) is 45.2 Å². The summed E-state index contributed by atoms with van der Waals surface area (Å²) in [7, 11) is 0. The van der Waals surface area contributed by atoms with E-state index in [1.165, 1.54) is 0 Å². The normalized spacial score (nSPS) is 24.6. The molecular weight excluding hydrogens is 278 g/mol. The van der Waals surface area contributed by atoms with Crippen LogP contribution in [0.2, 0.25) is 0 Å². The van der Waals surface area contributed by atoms with Crippen molar-refractivity contribution in [1.29, 1.82) is 0 Å². The van der Waals surface area contributed by atoms with E-state index in [2.05, 4.69) is 4.98 Å². The van der Waals surface area contributed by atoms with Crippen molar-refractivity contribution in [2.75, 3.05) is 6.54 Å². The molecule has 0 N–H and O–H groups in total. The first kappa shape index (κ1) is 13.7. The molecule has 0 radical (unpaired) electrons. The lowest BCUT2D eigenvalue weighted by Crippen LogP contribution is -2.39. The lowest BCUT2D eigenvalue weighted by Gasteiger charge is -2.25. The molecule has 2 amide bonds. The summed E-state index contributed by atoms with van der Waals surface area (Å²) < 4.78 is 0. The van der Waals surface area contributed by atoms with E-state index in [1.807, 2.05) is 28.0 Å². The third-order valence-electron chi connectivity index (χ3n) is 4.82. The minimum atomic E-state index is -0.155. The molecule has 1 aromatic rings. The zero-order valence-corrected chi connectivity index (χ0v) is 12.6. The summed E-state index contributed by atoms with van der Waals surface area (Å²) in [5.41, 5.74) is 0.922.